The van der Waals surface area contributed by atoms with Gasteiger partial charge in [-0.05, 0) is 61.7 Å². The maximum absolute atomic E-state index is 9.05. The topological polar surface area (TPSA) is 36.3 Å². The molecular formula is C20H22N2O. The van der Waals surface area contributed by atoms with Crippen LogP contribution in [0.3, 0.4) is 0 Å². The van der Waals surface area contributed by atoms with Gasteiger partial charge in [0.05, 0.1) is 18.2 Å². The van der Waals surface area contributed by atoms with Gasteiger partial charge >= 0.3 is 0 Å². The lowest BCUT2D eigenvalue weighted by Crippen LogP contribution is -2.22. The Morgan fingerprint density at radius 3 is 2.78 bits per heavy atom. The van der Waals surface area contributed by atoms with E-state index in [1.165, 1.54) is 24.0 Å². The van der Waals surface area contributed by atoms with Gasteiger partial charge in [-0.3, -0.25) is 4.90 Å². The summed E-state index contributed by atoms with van der Waals surface area (Å²) in [6.45, 7) is 4.70. The van der Waals surface area contributed by atoms with E-state index in [1.807, 2.05) is 25.1 Å². The molecule has 0 saturated carbocycles. The number of nitriles is 1. The highest BCUT2D eigenvalue weighted by Gasteiger charge is 2.25. The second-order valence-corrected chi connectivity index (χ2v) is 5.94. The predicted molar refractivity (Wildman–Crippen MR) is 91.2 cm³/mol. The Bertz CT molecular complexity index is 688. The zero-order chi connectivity index (χ0) is 16.1. The number of rotatable bonds is 5. The molecule has 1 atom stereocenters. The van der Waals surface area contributed by atoms with Crippen LogP contribution in [0.5, 0.6) is 5.75 Å². The normalized spacial score (nSPS) is 17.8. The zero-order valence-electron chi connectivity index (χ0n) is 13.5. The molecule has 1 unspecified atom stereocenters. The molecule has 2 aromatic carbocycles. The van der Waals surface area contributed by atoms with E-state index < -0.39 is 0 Å². The van der Waals surface area contributed by atoms with Crippen molar-refractivity contribution in [2.75, 3.05) is 13.2 Å². The molecule has 0 N–H and O–H groups in total. The van der Waals surface area contributed by atoms with Crippen LogP contribution in [0, 0.1) is 11.3 Å². The molecule has 0 radical (unpaired) electrons. The lowest BCUT2D eigenvalue weighted by atomic mass is 10.0. The van der Waals surface area contributed by atoms with E-state index in [0.717, 1.165) is 24.4 Å². The molecule has 1 aliphatic rings. The highest BCUT2D eigenvalue weighted by atomic mass is 16.5. The van der Waals surface area contributed by atoms with Gasteiger partial charge in [0.25, 0.3) is 0 Å². The fraction of sp³-hybridized carbons (Fsp3) is 0.350. The second kappa shape index (κ2) is 7.30. The molecule has 1 fully saturated rings. The van der Waals surface area contributed by atoms with Gasteiger partial charge in [0.15, 0.2) is 0 Å². The molecule has 23 heavy (non-hydrogen) atoms. The van der Waals surface area contributed by atoms with Gasteiger partial charge in [-0.2, -0.15) is 5.26 Å². The Hall–Kier alpha value is -2.31. The number of hydrogen-bond donors (Lipinski definition) is 0. The number of ether oxygens (including phenoxy) is 1. The Morgan fingerprint density at radius 2 is 2.04 bits per heavy atom. The molecule has 0 amide bonds. The number of hydrogen-bond acceptors (Lipinski definition) is 3. The molecule has 1 saturated heterocycles. The van der Waals surface area contributed by atoms with Crippen molar-refractivity contribution in [1.82, 2.24) is 4.90 Å². The number of nitrogens with zero attached hydrogens (tertiary/aromatic N) is 2. The highest BCUT2D eigenvalue weighted by Crippen LogP contribution is 2.33. The minimum absolute atomic E-state index is 0.455. The summed E-state index contributed by atoms with van der Waals surface area (Å²) < 4.78 is 5.53. The van der Waals surface area contributed by atoms with E-state index in [1.54, 1.807) is 0 Å². The van der Waals surface area contributed by atoms with Crippen molar-refractivity contribution < 1.29 is 4.74 Å². The van der Waals surface area contributed by atoms with E-state index in [0.29, 0.717) is 12.6 Å². The van der Waals surface area contributed by atoms with E-state index >= 15 is 0 Å². The van der Waals surface area contributed by atoms with Crippen LogP contribution >= 0.6 is 0 Å². The van der Waals surface area contributed by atoms with Gasteiger partial charge in [0, 0.05) is 12.6 Å². The summed E-state index contributed by atoms with van der Waals surface area (Å²) in [7, 11) is 0. The van der Waals surface area contributed by atoms with Crippen molar-refractivity contribution in [2.45, 2.75) is 32.4 Å². The molecule has 0 aromatic heterocycles. The van der Waals surface area contributed by atoms with E-state index in [4.69, 9.17) is 10.00 Å². The first-order valence-electron chi connectivity index (χ1n) is 8.26. The zero-order valence-corrected chi connectivity index (χ0v) is 13.5. The maximum Gasteiger partial charge on any atom is 0.119 e. The van der Waals surface area contributed by atoms with Crippen molar-refractivity contribution in [3.05, 3.63) is 65.2 Å². The average molecular weight is 306 g/mol. The lowest BCUT2D eigenvalue weighted by Gasteiger charge is -2.25. The summed E-state index contributed by atoms with van der Waals surface area (Å²) in [5, 5.41) is 9.05. The fourth-order valence-corrected chi connectivity index (χ4v) is 3.32. The lowest BCUT2D eigenvalue weighted by molar-refractivity contribution is 0.248. The molecule has 0 aliphatic carbocycles. The Morgan fingerprint density at radius 1 is 1.22 bits per heavy atom. The third-order valence-corrected chi connectivity index (χ3v) is 4.38. The Balaban J connectivity index is 1.73. The molecule has 1 heterocycles. The van der Waals surface area contributed by atoms with E-state index in [-0.39, 0.29) is 0 Å². The molecule has 3 rings (SSSR count). The largest absolute Gasteiger partial charge is 0.494 e. The molecule has 0 spiro atoms. The number of benzene rings is 2. The van der Waals surface area contributed by atoms with Gasteiger partial charge in [0.1, 0.15) is 5.75 Å². The summed E-state index contributed by atoms with van der Waals surface area (Å²) in [5.41, 5.74) is 3.29. The van der Waals surface area contributed by atoms with E-state index in [9.17, 15) is 0 Å². The number of likely N-dealkylation sites (tertiary alicyclic amines) is 1. The average Bonchev–Trinajstić information content (AvgIpc) is 3.04. The molecule has 3 nitrogen and oxygen atoms in total. The van der Waals surface area contributed by atoms with Gasteiger partial charge < -0.3 is 4.74 Å². The van der Waals surface area contributed by atoms with Crippen LogP contribution in [-0.4, -0.2) is 18.1 Å². The fourth-order valence-electron chi connectivity index (χ4n) is 3.32. The minimum atomic E-state index is 0.455. The van der Waals surface area contributed by atoms with Gasteiger partial charge in [-0.15, -0.1) is 0 Å². The smallest absolute Gasteiger partial charge is 0.119 e. The third kappa shape index (κ3) is 3.72. The van der Waals surface area contributed by atoms with Crippen LogP contribution in [0.4, 0.5) is 0 Å². The van der Waals surface area contributed by atoms with Crippen LogP contribution < -0.4 is 4.74 Å². The van der Waals surface area contributed by atoms with Crippen LogP contribution in [0.15, 0.2) is 48.5 Å². The van der Waals surface area contributed by atoms with Crippen LogP contribution in [-0.2, 0) is 6.54 Å². The molecule has 2 aromatic rings. The molecule has 3 heteroatoms. The highest BCUT2D eigenvalue weighted by molar-refractivity contribution is 5.33. The first-order chi connectivity index (χ1) is 11.3. The van der Waals surface area contributed by atoms with Gasteiger partial charge in [0.2, 0.25) is 0 Å². The minimum Gasteiger partial charge on any atom is -0.494 e. The third-order valence-electron chi connectivity index (χ3n) is 4.38. The summed E-state index contributed by atoms with van der Waals surface area (Å²) in [6, 6.07) is 19.1. The van der Waals surface area contributed by atoms with Crippen molar-refractivity contribution in [3.63, 3.8) is 0 Å². The summed E-state index contributed by atoms with van der Waals surface area (Å²) in [4.78, 5) is 2.51. The predicted octanol–water partition coefficient (Wildman–Crippen LogP) is 4.29. The Kier molecular flexibility index (Phi) is 4.95. The van der Waals surface area contributed by atoms with E-state index in [2.05, 4.69) is 41.3 Å². The summed E-state index contributed by atoms with van der Waals surface area (Å²) >= 11 is 0. The van der Waals surface area contributed by atoms with Crippen LogP contribution in [0.25, 0.3) is 0 Å². The van der Waals surface area contributed by atoms with Crippen LogP contribution in [0.2, 0.25) is 0 Å². The summed E-state index contributed by atoms with van der Waals surface area (Å²) in [6.07, 6.45) is 2.40. The van der Waals surface area contributed by atoms with Crippen molar-refractivity contribution >= 4 is 0 Å². The van der Waals surface area contributed by atoms with Crippen molar-refractivity contribution in [3.8, 4) is 11.8 Å². The molecular weight excluding hydrogens is 284 g/mol. The Labute approximate surface area is 138 Å². The molecule has 1 aliphatic heterocycles. The van der Waals surface area contributed by atoms with Crippen LogP contribution in [0.1, 0.15) is 42.5 Å². The SMILES string of the molecule is CCOc1ccc(C2CCCN2Cc2cccc(C#N)c2)cc1. The quantitative estimate of drug-likeness (QED) is 0.826. The van der Waals surface area contributed by atoms with Crippen molar-refractivity contribution in [2.24, 2.45) is 0 Å². The first kappa shape index (κ1) is 15.6. The monoisotopic (exact) mass is 306 g/mol. The van der Waals surface area contributed by atoms with Gasteiger partial charge in [-0.25, -0.2) is 0 Å². The maximum atomic E-state index is 9.05. The molecule has 0 bridgehead atoms. The standard InChI is InChI=1S/C20H22N2O/c1-2-23-19-10-8-18(9-11-19)20-7-4-12-22(20)15-17-6-3-5-16(13-17)14-21/h3,5-6,8-11,13,20H,2,4,7,12,15H2,1H3. The first-order valence-corrected chi connectivity index (χ1v) is 8.26. The van der Waals surface area contributed by atoms with Crippen molar-refractivity contribution in [1.29, 1.82) is 5.26 Å². The summed E-state index contributed by atoms with van der Waals surface area (Å²) in [5.74, 6) is 0.933. The molecule has 118 valence electrons. The van der Waals surface area contributed by atoms with Gasteiger partial charge in [-0.1, -0.05) is 24.3 Å². The second-order valence-electron chi connectivity index (χ2n) is 5.94.